The van der Waals surface area contributed by atoms with Gasteiger partial charge in [0, 0.05) is 32.2 Å². The molecule has 0 unspecified atom stereocenters. The van der Waals surface area contributed by atoms with E-state index in [4.69, 9.17) is 4.74 Å². The van der Waals surface area contributed by atoms with Crippen LogP contribution in [0.15, 0.2) is 48.5 Å². The SMILES string of the molecule is CCN(Cc1cccc(NCC(=O)NCc2ccc(OC)cc2)c1)C(C)=O. The van der Waals surface area contributed by atoms with Gasteiger partial charge in [0.15, 0.2) is 0 Å². The average Bonchev–Trinajstić information content (AvgIpc) is 2.69. The van der Waals surface area contributed by atoms with Crippen LogP contribution in [0, 0.1) is 0 Å². The number of amides is 2. The van der Waals surface area contributed by atoms with E-state index >= 15 is 0 Å². The normalized spacial score (nSPS) is 10.2. The third-order valence-electron chi connectivity index (χ3n) is 4.23. The molecule has 6 heteroatoms. The van der Waals surface area contributed by atoms with E-state index in [0.29, 0.717) is 19.6 Å². The number of anilines is 1. The summed E-state index contributed by atoms with van der Waals surface area (Å²) in [5.41, 5.74) is 2.89. The first-order chi connectivity index (χ1) is 13.0. The van der Waals surface area contributed by atoms with Crippen molar-refractivity contribution < 1.29 is 14.3 Å². The summed E-state index contributed by atoms with van der Waals surface area (Å²) in [4.78, 5) is 25.4. The van der Waals surface area contributed by atoms with Gasteiger partial charge in [-0.05, 0) is 42.3 Å². The summed E-state index contributed by atoms with van der Waals surface area (Å²) in [7, 11) is 1.62. The molecule has 2 aromatic rings. The van der Waals surface area contributed by atoms with Crippen LogP contribution >= 0.6 is 0 Å². The summed E-state index contributed by atoms with van der Waals surface area (Å²) in [6.07, 6.45) is 0. The van der Waals surface area contributed by atoms with E-state index < -0.39 is 0 Å². The van der Waals surface area contributed by atoms with E-state index in [-0.39, 0.29) is 18.4 Å². The second-order valence-electron chi connectivity index (χ2n) is 6.21. The third kappa shape index (κ3) is 6.66. The fourth-order valence-electron chi connectivity index (χ4n) is 2.63. The number of ether oxygens (including phenoxy) is 1. The zero-order chi connectivity index (χ0) is 19.6. The maximum Gasteiger partial charge on any atom is 0.239 e. The molecule has 0 radical (unpaired) electrons. The van der Waals surface area contributed by atoms with Crippen LogP contribution in [-0.2, 0) is 22.7 Å². The van der Waals surface area contributed by atoms with Crippen molar-refractivity contribution in [1.29, 1.82) is 0 Å². The van der Waals surface area contributed by atoms with Gasteiger partial charge >= 0.3 is 0 Å². The van der Waals surface area contributed by atoms with Gasteiger partial charge in [0.1, 0.15) is 5.75 Å². The Morgan fingerprint density at radius 2 is 1.81 bits per heavy atom. The number of hydrogen-bond donors (Lipinski definition) is 2. The number of nitrogens with zero attached hydrogens (tertiary/aromatic N) is 1. The Morgan fingerprint density at radius 3 is 2.44 bits per heavy atom. The summed E-state index contributed by atoms with van der Waals surface area (Å²) in [5, 5.41) is 6.01. The first kappa shape index (κ1) is 20.3. The number of carbonyl (C=O) groups excluding carboxylic acids is 2. The van der Waals surface area contributed by atoms with Crippen LogP contribution in [0.2, 0.25) is 0 Å². The van der Waals surface area contributed by atoms with E-state index in [1.54, 1.807) is 18.9 Å². The van der Waals surface area contributed by atoms with Crippen LogP contribution in [0.4, 0.5) is 5.69 Å². The van der Waals surface area contributed by atoms with Crippen molar-refractivity contribution in [2.45, 2.75) is 26.9 Å². The molecule has 0 saturated carbocycles. The van der Waals surface area contributed by atoms with Gasteiger partial charge in [-0.1, -0.05) is 24.3 Å². The Hall–Kier alpha value is -3.02. The van der Waals surface area contributed by atoms with Crippen molar-refractivity contribution in [3.63, 3.8) is 0 Å². The van der Waals surface area contributed by atoms with E-state index in [0.717, 1.165) is 22.6 Å². The van der Waals surface area contributed by atoms with Gasteiger partial charge in [-0.15, -0.1) is 0 Å². The van der Waals surface area contributed by atoms with Crippen LogP contribution in [-0.4, -0.2) is 36.9 Å². The fourth-order valence-corrected chi connectivity index (χ4v) is 2.63. The predicted octanol–water partition coefficient (Wildman–Crippen LogP) is 2.79. The molecular weight excluding hydrogens is 342 g/mol. The van der Waals surface area contributed by atoms with E-state index in [1.165, 1.54) is 0 Å². The first-order valence-corrected chi connectivity index (χ1v) is 8.99. The van der Waals surface area contributed by atoms with Crippen LogP contribution in [0.25, 0.3) is 0 Å². The lowest BCUT2D eigenvalue weighted by Crippen LogP contribution is -2.29. The highest BCUT2D eigenvalue weighted by Crippen LogP contribution is 2.13. The minimum Gasteiger partial charge on any atom is -0.497 e. The Labute approximate surface area is 160 Å². The lowest BCUT2D eigenvalue weighted by molar-refractivity contribution is -0.129. The zero-order valence-corrected chi connectivity index (χ0v) is 16.1. The van der Waals surface area contributed by atoms with Gasteiger partial charge < -0.3 is 20.3 Å². The molecule has 0 aromatic heterocycles. The smallest absolute Gasteiger partial charge is 0.239 e. The largest absolute Gasteiger partial charge is 0.497 e. The molecule has 2 amide bonds. The number of rotatable bonds is 9. The lowest BCUT2D eigenvalue weighted by Gasteiger charge is -2.19. The second kappa shape index (κ2) is 10.2. The molecule has 0 fully saturated rings. The summed E-state index contributed by atoms with van der Waals surface area (Å²) in [5.74, 6) is 0.752. The van der Waals surface area contributed by atoms with Gasteiger partial charge in [-0.3, -0.25) is 9.59 Å². The third-order valence-corrected chi connectivity index (χ3v) is 4.23. The Kier molecular flexibility index (Phi) is 7.67. The molecule has 0 aliphatic rings. The van der Waals surface area contributed by atoms with E-state index in [1.807, 2.05) is 55.5 Å². The lowest BCUT2D eigenvalue weighted by atomic mass is 10.2. The maximum absolute atomic E-state index is 12.1. The summed E-state index contributed by atoms with van der Waals surface area (Å²) >= 11 is 0. The van der Waals surface area contributed by atoms with Crippen molar-refractivity contribution in [3.8, 4) is 5.75 Å². The summed E-state index contributed by atoms with van der Waals surface area (Å²) in [6, 6.07) is 15.3. The van der Waals surface area contributed by atoms with E-state index in [9.17, 15) is 9.59 Å². The minimum atomic E-state index is -0.0878. The molecule has 2 aromatic carbocycles. The number of methoxy groups -OCH3 is 1. The molecule has 0 saturated heterocycles. The quantitative estimate of drug-likeness (QED) is 0.713. The second-order valence-corrected chi connectivity index (χ2v) is 6.21. The van der Waals surface area contributed by atoms with Gasteiger partial charge in [-0.25, -0.2) is 0 Å². The van der Waals surface area contributed by atoms with Crippen LogP contribution in [0.1, 0.15) is 25.0 Å². The standard InChI is InChI=1S/C21H27N3O3/c1-4-24(16(2)25)15-18-6-5-7-19(12-18)22-14-21(26)23-13-17-8-10-20(27-3)11-9-17/h5-12,22H,4,13-15H2,1-3H3,(H,23,26). The van der Waals surface area contributed by atoms with Gasteiger partial charge in [0.2, 0.25) is 11.8 Å². The molecule has 0 heterocycles. The monoisotopic (exact) mass is 369 g/mol. The molecule has 6 nitrogen and oxygen atoms in total. The van der Waals surface area contributed by atoms with Gasteiger partial charge in [-0.2, -0.15) is 0 Å². The summed E-state index contributed by atoms with van der Waals surface area (Å²) < 4.78 is 5.12. The van der Waals surface area contributed by atoms with Crippen LogP contribution in [0.3, 0.4) is 0 Å². The zero-order valence-electron chi connectivity index (χ0n) is 16.1. The van der Waals surface area contributed by atoms with Gasteiger partial charge in [0.05, 0.1) is 13.7 Å². The molecule has 0 bridgehead atoms. The predicted molar refractivity (Wildman–Crippen MR) is 107 cm³/mol. The topological polar surface area (TPSA) is 70.7 Å². The Balaban J connectivity index is 1.82. The van der Waals surface area contributed by atoms with Crippen molar-refractivity contribution >= 4 is 17.5 Å². The van der Waals surface area contributed by atoms with Crippen molar-refractivity contribution in [1.82, 2.24) is 10.2 Å². The number of carbonyl (C=O) groups is 2. The Bertz CT molecular complexity index is 760. The first-order valence-electron chi connectivity index (χ1n) is 8.99. The molecule has 0 aliphatic heterocycles. The van der Waals surface area contributed by atoms with Crippen molar-refractivity contribution in [2.75, 3.05) is 25.5 Å². The number of hydrogen-bond acceptors (Lipinski definition) is 4. The van der Waals surface area contributed by atoms with Crippen LogP contribution < -0.4 is 15.4 Å². The fraction of sp³-hybridized carbons (Fsp3) is 0.333. The highest BCUT2D eigenvalue weighted by molar-refractivity contribution is 5.80. The van der Waals surface area contributed by atoms with E-state index in [2.05, 4.69) is 10.6 Å². The molecule has 0 aliphatic carbocycles. The van der Waals surface area contributed by atoms with Gasteiger partial charge in [0.25, 0.3) is 0 Å². The molecular formula is C21H27N3O3. The summed E-state index contributed by atoms with van der Waals surface area (Å²) in [6.45, 7) is 5.40. The highest BCUT2D eigenvalue weighted by atomic mass is 16.5. The molecule has 144 valence electrons. The average molecular weight is 369 g/mol. The molecule has 2 N–H and O–H groups in total. The number of benzene rings is 2. The highest BCUT2D eigenvalue weighted by Gasteiger charge is 2.07. The number of nitrogens with one attached hydrogen (secondary N) is 2. The molecule has 0 atom stereocenters. The minimum absolute atomic E-state index is 0.0498. The molecule has 0 spiro atoms. The Morgan fingerprint density at radius 1 is 1.07 bits per heavy atom. The van der Waals surface area contributed by atoms with Crippen molar-refractivity contribution in [2.24, 2.45) is 0 Å². The van der Waals surface area contributed by atoms with Crippen LogP contribution in [0.5, 0.6) is 5.75 Å². The van der Waals surface area contributed by atoms with Crippen molar-refractivity contribution in [3.05, 3.63) is 59.7 Å². The maximum atomic E-state index is 12.1. The molecule has 27 heavy (non-hydrogen) atoms. The molecule has 2 rings (SSSR count).